The van der Waals surface area contributed by atoms with Crippen LogP contribution in [0.4, 0.5) is 4.39 Å². The van der Waals surface area contributed by atoms with Gasteiger partial charge in [0.2, 0.25) is 10.0 Å². The molecule has 0 bridgehead atoms. The molecule has 40 heavy (non-hydrogen) atoms. The van der Waals surface area contributed by atoms with E-state index in [-0.39, 0.29) is 28.5 Å². The Labute approximate surface area is 233 Å². The number of pyridine rings is 2. The summed E-state index contributed by atoms with van der Waals surface area (Å²) in [4.78, 5) is 33.9. The van der Waals surface area contributed by atoms with Gasteiger partial charge in [-0.1, -0.05) is 36.7 Å². The topological polar surface area (TPSA) is 114 Å². The minimum absolute atomic E-state index is 0.0327. The largest absolute Gasteiger partial charge is 0.331 e. The van der Waals surface area contributed by atoms with Crippen molar-refractivity contribution in [2.24, 2.45) is 0 Å². The van der Waals surface area contributed by atoms with Crippen LogP contribution in [0.15, 0.2) is 65.6 Å². The fourth-order valence-corrected chi connectivity index (χ4v) is 6.52. The maximum Gasteiger partial charge on any atom is 0.282 e. The molecule has 11 heteroatoms. The Balaban J connectivity index is 1.66. The second kappa shape index (κ2) is 9.87. The molecule has 0 unspecified atom stereocenters. The molecule has 2 N–H and O–H groups in total. The zero-order valence-corrected chi connectivity index (χ0v) is 22.9. The first-order chi connectivity index (χ1) is 19.2. The van der Waals surface area contributed by atoms with Gasteiger partial charge >= 0.3 is 0 Å². The number of hydrogen-bond donors (Lipinski definition) is 2. The molecule has 1 aliphatic rings. The number of carbonyl (C=O) groups is 1. The Morgan fingerprint density at radius 3 is 2.65 bits per heavy atom. The molecular formula is C29H24ClFN4O4S. The highest BCUT2D eigenvalue weighted by Gasteiger charge is 2.38. The van der Waals surface area contributed by atoms with Crippen LogP contribution in [0.2, 0.25) is 5.15 Å². The number of sulfonamides is 1. The van der Waals surface area contributed by atoms with Crippen molar-refractivity contribution in [3.8, 4) is 11.1 Å². The van der Waals surface area contributed by atoms with Gasteiger partial charge in [-0.2, -0.15) is 0 Å². The van der Waals surface area contributed by atoms with Gasteiger partial charge in [0.1, 0.15) is 16.7 Å². The number of rotatable bonds is 7. The number of para-hydroxylation sites is 1. The number of halogens is 2. The molecule has 204 valence electrons. The van der Waals surface area contributed by atoms with E-state index in [1.807, 2.05) is 30.3 Å². The normalized spacial score (nSPS) is 13.7. The molecule has 5 aromatic rings. The molecule has 0 radical (unpaired) electrons. The molecule has 1 amide bonds. The number of aryl methyl sites for hydroxylation is 1. The molecular weight excluding hydrogens is 555 g/mol. The summed E-state index contributed by atoms with van der Waals surface area (Å²) in [5, 5.41) is 0.775. The number of amides is 1. The van der Waals surface area contributed by atoms with Crippen molar-refractivity contribution in [3.63, 3.8) is 0 Å². The van der Waals surface area contributed by atoms with E-state index < -0.39 is 32.6 Å². The van der Waals surface area contributed by atoms with E-state index in [0.717, 1.165) is 5.39 Å². The van der Waals surface area contributed by atoms with Gasteiger partial charge in [-0.15, -0.1) is 0 Å². The van der Waals surface area contributed by atoms with Gasteiger partial charge in [0, 0.05) is 33.7 Å². The highest BCUT2D eigenvalue weighted by molar-refractivity contribution is 7.91. The number of fused-ring (bicyclic) bond motifs is 2. The van der Waals surface area contributed by atoms with Crippen molar-refractivity contribution in [2.75, 3.05) is 0 Å². The van der Waals surface area contributed by atoms with Gasteiger partial charge < -0.3 is 9.55 Å². The first-order valence-electron chi connectivity index (χ1n) is 12.8. The third-order valence-electron chi connectivity index (χ3n) is 7.19. The lowest BCUT2D eigenvalue weighted by Gasteiger charge is -2.14. The van der Waals surface area contributed by atoms with Gasteiger partial charge in [0.15, 0.2) is 0 Å². The molecule has 1 aliphatic carbocycles. The van der Waals surface area contributed by atoms with Crippen LogP contribution in [-0.4, -0.2) is 34.1 Å². The molecule has 8 nitrogen and oxygen atoms in total. The minimum atomic E-state index is -3.94. The Kier molecular flexibility index (Phi) is 6.47. The van der Waals surface area contributed by atoms with Crippen LogP contribution in [0.3, 0.4) is 0 Å². The third-order valence-corrected chi connectivity index (χ3v) is 9.34. The van der Waals surface area contributed by atoms with Crippen molar-refractivity contribution in [3.05, 3.63) is 98.9 Å². The third kappa shape index (κ3) is 4.56. The van der Waals surface area contributed by atoms with Crippen LogP contribution in [-0.2, 0) is 23.0 Å². The SMILES string of the molecule is CCc1cc2c(-c3ccc[nH]c3=O)c(C(=O)NS(=O)(=O)C3CC3)n(Cc3cc4ccccc4nc3Cl)c2cc1F. The highest BCUT2D eigenvalue weighted by atomic mass is 35.5. The summed E-state index contributed by atoms with van der Waals surface area (Å²) in [6, 6.07) is 15.3. The van der Waals surface area contributed by atoms with E-state index in [1.54, 1.807) is 25.1 Å². The summed E-state index contributed by atoms with van der Waals surface area (Å²) in [5.41, 5.74) is 1.70. The van der Waals surface area contributed by atoms with Crippen LogP contribution in [0.1, 0.15) is 41.4 Å². The van der Waals surface area contributed by atoms with Crippen molar-refractivity contribution >= 4 is 49.3 Å². The first kappa shape index (κ1) is 26.2. The fourth-order valence-electron chi connectivity index (χ4n) is 5.03. The van der Waals surface area contributed by atoms with Gasteiger partial charge in [-0.05, 0) is 61.2 Å². The summed E-state index contributed by atoms with van der Waals surface area (Å²) in [6.45, 7) is 1.77. The first-order valence-corrected chi connectivity index (χ1v) is 14.7. The molecule has 1 fully saturated rings. The number of hydrogen-bond acceptors (Lipinski definition) is 5. The molecule has 6 rings (SSSR count). The molecule has 0 saturated heterocycles. The lowest BCUT2D eigenvalue weighted by atomic mass is 10.0. The predicted octanol–water partition coefficient (Wildman–Crippen LogP) is 5.17. The Hall–Kier alpha value is -4.02. The summed E-state index contributed by atoms with van der Waals surface area (Å²) in [6.07, 6.45) is 2.75. The molecule has 0 atom stereocenters. The van der Waals surface area contributed by atoms with Crippen molar-refractivity contribution in [2.45, 2.75) is 38.0 Å². The summed E-state index contributed by atoms with van der Waals surface area (Å²) in [7, 11) is -3.94. The minimum Gasteiger partial charge on any atom is -0.331 e. The number of benzene rings is 2. The standard InChI is InChI=1S/C29H24ClFN4O4S/c1-2-16-13-21-24(14-22(16)31)35(15-18-12-17-6-3-4-8-23(17)33-27(18)30)26(25(21)20-7-5-11-32-28(20)36)29(37)34-40(38,39)19-9-10-19/h3-8,11-14,19H,2,9-10,15H2,1H3,(H,32,36)(H,34,37). The molecule has 0 aliphatic heterocycles. The second-order valence-electron chi connectivity index (χ2n) is 9.84. The number of H-pyrrole nitrogens is 1. The lowest BCUT2D eigenvalue weighted by Crippen LogP contribution is -2.35. The van der Waals surface area contributed by atoms with Gasteiger partial charge in [0.05, 0.1) is 22.8 Å². The van der Waals surface area contributed by atoms with E-state index >= 15 is 4.39 Å². The van der Waals surface area contributed by atoms with Crippen LogP contribution < -0.4 is 10.3 Å². The maximum absolute atomic E-state index is 15.2. The fraction of sp³-hybridized carbons (Fsp3) is 0.207. The maximum atomic E-state index is 15.2. The number of aromatic amines is 1. The zero-order valence-electron chi connectivity index (χ0n) is 21.4. The Morgan fingerprint density at radius 1 is 1.15 bits per heavy atom. The molecule has 2 aromatic carbocycles. The molecule has 3 aromatic heterocycles. The van der Waals surface area contributed by atoms with Crippen LogP contribution in [0.25, 0.3) is 32.9 Å². The van der Waals surface area contributed by atoms with E-state index in [0.29, 0.717) is 46.8 Å². The number of aromatic nitrogens is 3. The van der Waals surface area contributed by atoms with Crippen molar-refractivity contribution < 1.29 is 17.6 Å². The quantitative estimate of drug-likeness (QED) is 0.259. The summed E-state index contributed by atoms with van der Waals surface area (Å²) < 4.78 is 44.6. The summed E-state index contributed by atoms with van der Waals surface area (Å²) >= 11 is 6.57. The highest BCUT2D eigenvalue weighted by Crippen LogP contribution is 2.37. The van der Waals surface area contributed by atoms with Crippen molar-refractivity contribution in [1.29, 1.82) is 0 Å². The average Bonchev–Trinajstić information content (AvgIpc) is 3.74. The second-order valence-corrected chi connectivity index (χ2v) is 12.2. The molecule has 1 saturated carbocycles. The van der Waals surface area contributed by atoms with Gasteiger partial charge in [0.25, 0.3) is 11.5 Å². The molecule has 0 spiro atoms. The number of nitrogens with one attached hydrogen (secondary N) is 2. The molecule has 3 heterocycles. The van der Waals surface area contributed by atoms with E-state index in [1.165, 1.54) is 16.8 Å². The zero-order chi connectivity index (χ0) is 28.2. The lowest BCUT2D eigenvalue weighted by molar-refractivity contribution is 0.0974. The number of nitrogens with zero attached hydrogens (tertiary/aromatic N) is 2. The predicted molar refractivity (Wildman–Crippen MR) is 153 cm³/mol. The van der Waals surface area contributed by atoms with Crippen LogP contribution >= 0.6 is 11.6 Å². The van der Waals surface area contributed by atoms with Gasteiger partial charge in [-0.25, -0.2) is 22.5 Å². The Bertz CT molecular complexity index is 2000. The van der Waals surface area contributed by atoms with E-state index in [9.17, 15) is 18.0 Å². The number of carbonyl (C=O) groups excluding carboxylic acids is 1. The van der Waals surface area contributed by atoms with E-state index in [2.05, 4.69) is 14.7 Å². The van der Waals surface area contributed by atoms with Crippen LogP contribution in [0.5, 0.6) is 0 Å². The smallest absolute Gasteiger partial charge is 0.282 e. The average molecular weight is 579 g/mol. The van der Waals surface area contributed by atoms with Crippen LogP contribution in [0, 0.1) is 5.82 Å². The van der Waals surface area contributed by atoms with E-state index in [4.69, 9.17) is 11.6 Å². The summed E-state index contributed by atoms with van der Waals surface area (Å²) in [5.74, 6) is -1.40. The Morgan fingerprint density at radius 2 is 1.93 bits per heavy atom. The van der Waals surface area contributed by atoms with Gasteiger partial charge in [-0.3, -0.25) is 9.59 Å². The monoisotopic (exact) mass is 578 g/mol. The van der Waals surface area contributed by atoms with Crippen molar-refractivity contribution in [1.82, 2.24) is 19.3 Å².